The van der Waals surface area contributed by atoms with Gasteiger partial charge in [-0.15, -0.1) is 0 Å². The zero-order chi connectivity index (χ0) is 17.9. The predicted octanol–water partition coefficient (Wildman–Crippen LogP) is 4.75. The van der Waals surface area contributed by atoms with Crippen LogP contribution in [-0.2, 0) is 22.3 Å². The number of methoxy groups -OCH3 is 1. The molecule has 1 saturated carbocycles. The second kappa shape index (κ2) is 8.01. The number of benzene rings is 1. The first-order chi connectivity index (χ1) is 12.1. The van der Waals surface area contributed by atoms with E-state index < -0.39 is 0 Å². The van der Waals surface area contributed by atoms with Crippen molar-refractivity contribution in [3.63, 3.8) is 0 Å². The molecule has 0 aromatic heterocycles. The van der Waals surface area contributed by atoms with Gasteiger partial charge in [-0.25, -0.2) is 0 Å². The summed E-state index contributed by atoms with van der Waals surface area (Å²) in [7, 11) is 1.78. The maximum Gasteiger partial charge on any atom is 0.169 e. The molecule has 1 fully saturated rings. The van der Waals surface area contributed by atoms with Crippen molar-refractivity contribution in [1.29, 1.82) is 0 Å². The SMILES string of the molecule is CCCOC(C)CCc1ccc2c(c1)C(=O)C1(CCC(OC)CC1)C2. The lowest BCUT2D eigenvalue weighted by atomic mass is 9.70. The summed E-state index contributed by atoms with van der Waals surface area (Å²) in [4.78, 5) is 13.1. The first kappa shape index (κ1) is 18.6. The second-order valence-corrected chi connectivity index (χ2v) is 7.93. The molecule has 0 N–H and O–H groups in total. The van der Waals surface area contributed by atoms with Crippen LogP contribution < -0.4 is 0 Å². The summed E-state index contributed by atoms with van der Waals surface area (Å²) in [6, 6.07) is 6.55. The summed E-state index contributed by atoms with van der Waals surface area (Å²) < 4.78 is 11.2. The smallest absolute Gasteiger partial charge is 0.169 e. The van der Waals surface area contributed by atoms with Gasteiger partial charge >= 0.3 is 0 Å². The molecule has 0 radical (unpaired) electrons. The highest BCUT2D eigenvalue weighted by molar-refractivity contribution is 6.05. The second-order valence-electron chi connectivity index (χ2n) is 7.93. The van der Waals surface area contributed by atoms with E-state index in [1.54, 1.807) is 7.11 Å². The van der Waals surface area contributed by atoms with E-state index in [2.05, 4.69) is 32.0 Å². The Morgan fingerprint density at radius 1 is 1.28 bits per heavy atom. The zero-order valence-electron chi connectivity index (χ0n) is 16.0. The van der Waals surface area contributed by atoms with Crippen molar-refractivity contribution in [2.75, 3.05) is 13.7 Å². The Bertz CT molecular complexity index is 599. The number of ether oxygens (including phenoxy) is 2. The van der Waals surface area contributed by atoms with E-state index >= 15 is 0 Å². The van der Waals surface area contributed by atoms with Crippen molar-refractivity contribution in [3.8, 4) is 0 Å². The molecule has 1 aromatic rings. The molecule has 1 spiro atoms. The van der Waals surface area contributed by atoms with Crippen molar-refractivity contribution < 1.29 is 14.3 Å². The number of carbonyl (C=O) groups excluding carboxylic acids is 1. The molecule has 0 saturated heterocycles. The lowest BCUT2D eigenvalue weighted by Gasteiger charge is -2.35. The number of Topliss-reactive ketones (excluding diaryl/α,β-unsaturated/α-hetero) is 1. The Morgan fingerprint density at radius 2 is 2.04 bits per heavy atom. The van der Waals surface area contributed by atoms with Crippen LogP contribution in [0.15, 0.2) is 18.2 Å². The van der Waals surface area contributed by atoms with Crippen LogP contribution in [0.25, 0.3) is 0 Å². The molecule has 1 aromatic carbocycles. The number of rotatable bonds is 7. The maximum atomic E-state index is 13.1. The molecule has 2 aliphatic rings. The third kappa shape index (κ3) is 3.98. The fourth-order valence-corrected chi connectivity index (χ4v) is 4.43. The quantitative estimate of drug-likeness (QED) is 0.716. The van der Waals surface area contributed by atoms with Crippen molar-refractivity contribution in [2.45, 2.75) is 77.4 Å². The molecule has 3 nitrogen and oxygen atoms in total. The minimum absolute atomic E-state index is 0.145. The Balaban J connectivity index is 1.64. The summed E-state index contributed by atoms with van der Waals surface area (Å²) in [5, 5.41) is 0. The number of aryl methyl sites for hydroxylation is 1. The zero-order valence-corrected chi connectivity index (χ0v) is 16.0. The minimum atomic E-state index is -0.145. The summed E-state index contributed by atoms with van der Waals surface area (Å²) >= 11 is 0. The number of hydrogen-bond donors (Lipinski definition) is 0. The van der Waals surface area contributed by atoms with Crippen molar-refractivity contribution in [2.24, 2.45) is 5.41 Å². The summed E-state index contributed by atoms with van der Waals surface area (Å²) in [6.45, 7) is 5.10. The number of hydrogen-bond acceptors (Lipinski definition) is 3. The van der Waals surface area contributed by atoms with Crippen molar-refractivity contribution in [3.05, 3.63) is 34.9 Å². The van der Waals surface area contributed by atoms with Gasteiger partial charge in [0.2, 0.25) is 0 Å². The highest BCUT2D eigenvalue weighted by atomic mass is 16.5. The Kier molecular flexibility index (Phi) is 5.96. The van der Waals surface area contributed by atoms with Gasteiger partial charge in [-0.05, 0) is 75.5 Å². The molecule has 2 aliphatic carbocycles. The molecule has 25 heavy (non-hydrogen) atoms. The van der Waals surface area contributed by atoms with Gasteiger partial charge in [-0.2, -0.15) is 0 Å². The molecule has 0 bridgehead atoms. The fourth-order valence-electron chi connectivity index (χ4n) is 4.43. The van der Waals surface area contributed by atoms with Crippen LogP contribution >= 0.6 is 0 Å². The average molecular weight is 344 g/mol. The summed E-state index contributed by atoms with van der Waals surface area (Å²) in [6.07, 6.45) is 8.54. The first-order valence-corrected chi connectivity index (χ1v) is 9.89. The van der Waals surface area contributed by atoms with Crippen LogP contribution in [0.4, 0.5) is 0 Å². The van der Waals surface area contributed by atoms with Gasteiger partial charge in [0.1, 0.15) is 0 Å². The van der Waals surface area contributed by atoms with Crippen LogP contribution in [0.2, 0.25) is 0 Å². The predicted molar refractivity (Wildman–Crippen MR) is 100 cm³/mol. The number of ketones is 1. The number of fused-ring (bicyclic) bond motifs is 1. The molecule has 3 heteroatoms. The molecule has 0 amide bonds. The van der Waals surface area contributed by atoms with E-state index in [-0.39, 0.29) is 11.5 Å². The van der Waals surface area contributed by atoms with E-state index in [1.807, 2.05) is 0 Å². The molecule has 0 aliphatic heterocycles. The first-order valence-electron chi connectivity index (χ1n) is 9.89. The van der Waals surface area contributed by atoms with Gasteiger partial charge < -0.3 is 9.47 Å². The van der Waals surface area contributed by atoms with E-state index in [0.717, 1.165) is 63.5 Å². The van der Waals surface area contributed by atoms with Gasteiger partial charge in [-0.3, -0.25) is 4.79 Å². The molecular formula is C22H32O3. The molecular weight excluding hydrogens is 312 g/mol. The standard InChI is InChI=1S/C22H32O3/c1-4-13-25-16(2)5-6-17-7-8-18-15-22(21(23)20(18)14-17)11-9-19(24-3)10-12-22/h7-8,14,16,19H,4-6,9-13,15H2,1-3H3. The third-order valence-corrected chi connectivity index (χ3v) is 6.10. The minimum Gasteiger partial charge on any atom is -0.381 e. The molecule has 3 rings (SSSR count). The Morgan fingerprint density at radius 3 is 2.72 bits per heavy atom. The van der Waals surface area contributed by atoms with Gasteiger partial charge in [0.25, 0.3) is 0 Å². The largest absolute Gasteiger partial charge is 0.381 e. The highest BCUT2D eigenvalue weighted by Crippen LogP contribution is 2.47. The van der Waals surface area contributed by atoms with Crippen LogP contribution in [0, 0.1) is 5.41 Å². The summed E-state index contributed by atoms with van der Waals surface area (Å²) in [5.74, 6) is 0.384. The van der Waals surface area contributed by atoms with E-state index in [0.29, 0.717) is 11.9 Å². The maximum absolute atomic E-state index is 13.1. The Labute approximate surface area is 152 Å². The lowest BCUT2D eigenvalue weighted by Crippen LogP contribution is -2.35. The molecule has 0 heterocycles. The van der Waals surface area contributed by atoms with E-state index in [1.165, 1.54) is 11.1 Å². The molecule has 138 valence electrons. The van der Waals surface area contributed by atoms with Crippen LogP contribution in [-0.4, -0.2) is 31.7 Å². The topological polar surface area (TPSA) is 35.5 Å². The van der Waals surface area contributed by atoms with Crippen molar-refractivity contribution >= 4 is 5.78 Å². The van der Waals surface area contributed by atoms with Crippen molar-refractivity contribution in [1.82, 2.24) is 0 Å². The lowest BCUT2D eigenvalue weighted by molar-refractivity contribution is 0.0285. The monoisotopic (exact) mass is 344 g/mol. The van der Waals surface area contributed by atoms with Crippen LogP contribution in [0.5, 0.6) is 0 Å². The molecule has 1 atom stereocenters. The summed E-state index contributed by atoms with van der Waals surface area (Å²) in [5.41, 5.74) is 3.35. The van der Waals surface area contributed by atoms with Gasteiger partial charge in [0.05, 0.1) is 12.2 Å². The highest BCUT2D eigenvalue weighted by Gasteiger charge is 2.47. The average Bonchev–Trinajstić information content (AvgIpc) is 2.90. The van der Waals surface area contributed by atoms with Gasteiger partial charge in [0.15, 0.2) is 5.78 Å². The van der Waals surface area contributed by atoms with Crippen LogP contribution in [0.3, 0.4) is 0 Å². The van der Waals surface area contributed by atoms with E-state index in [4.69, 9.17) is 9.47 Å². The molecule has 1 unspecified atom stereocenters. The van der Waals surface area contributed by atoms with E-state index in [9.17, 15) is 4.79 Å². The fraction of sp³-hybridized carbons (Fsp3) is 0.682. The normalized spacial score (nSPS) is 26.8. The van der Waals surface area contributed by atoms with Crippen LogP contribution in [0.1, 0.15) is 73.9 Å². The third-order valence-electron chi connectivity index (χ3n) is 6.10. The number of carbonyl (C=O) groups is 1. The van der Waals surface area contributed by atoms with Gasteiger partial charge in [-0.1, -0.05) is 19.1 Å². The van der Waals surface area contributed by atoms with Gasteiger partial charge in [0, 0.05) is 24.7 Å². The Hall–Kier alpha value is -1.19.